The number of hydrogen-bond donors (Lipinski definition) is 1. The van der Waals surface area contributed by atoms with E-state index in [1.807, 2.05) is 37.3 Å². The molecule has 3 rings (SSSR count). The van der Waals surface area contributed by atoms with Crippen LogP contribution in [0.25, 0.3) is 11.2 Å². The summed E-state index contributed by atoms with van der Waals surface area (Å²) >= 11 is 5.97. The first kappa shape index (κ1) is 19.6. The smallest absolute Gasteiger partial charge is 0.299 e. The molecule has 0 aliphatic rings. The molecule has 0 spiro atoms. The van der Waals surface area contributed by atoms with Crippen LogP contribution < -0.4 is 16.7 Å². The highest BCUT2D eigenvalue weighted by Gasteiger charge is 2.18. The topological polar surface area (TPSA) is 86.2 Å². The number of benzene rings is 1. The average Bonchev–Trinajstić information content (AvgIpc) is 3.06. The van der Waals surface area contributed by atoms with E-state index in [0.29, 0.717) is 23.0 Å². The van der Waals surface area contributed by atoms with Crippen LogP contribution >= 0.6 is 11.6 Å². The van der Waals surface area contributed by atoms with Gasteiger partial charge in [-0.05, 0) is 19.4 Å². The number of rotatable bonds is 5. The summed E-state index contributed by atoms with van der Waals surface area (Å²) in [7, 11) is 3.02. The molecule has 0 unspecified atom stereocenters. The molecule has 0 saturated heterocycles. The summed E-state index contributed by atoms with van der Waals surface area (Å²) in [6, 6.07) is 9.68. The van der Waals surface area contributed by atoms with Gasteiger partial charge in [0.1, 0.15) is 0 Å². The summed E-state index contributed by atoms with van der Waals surface area (Å²) in [5.41, 5.74) is 4.34. The Bertz CT molecular complexity index is 1200. The second kappa shape index (κ2) is 7.85. The largest absolute Gasteiger partial charge is 0.332 e. The SMILES string of the molecule is C/C(Cl)=C\Cn1c(N/N=C(\C)c2ccccc2)nc2c1c(=O)n(C)c(=O)n2C. The first-order valence-corrected chi connectivity index (χ1v) is 9.03. The zero-order valence-electron chi connectivity index (χ0n) is 16.1. The number of hydrogen-bond acceptors (Lipinski definition) is 5. The van der Waals surface area contributed by atoms with Crippen LogP contribution in [-0.2, 0) is 20.6 Å². The van der Waals surface area contributed by atoms with Crippen molar-refractivity contribution < 1.29 is 0 Å². The Morgan fingerprint density at radius 2 is 1.86 bits per heavy atom. The number of hydrazone groups is 1. The molecule has 28 heavy (non-hydrogen) atoms. The van der Waals surface area contributed by atoms with Crippen molar-refractivity contribution in [2.24, 2.45) is 19.2 Å². The lowest BCUT2D eigenvalue weighted by atomic mass is 10.1. The van der Waals surface area contributed by atoms with E-state index >= 15 is 0 Å². The summed E-state index contributed by atoms with van der Waals surface area (Å²) in [6.45, 7) is 3.92. The molecule has 0 fully saturated rings. The third-order valence-corrected chi connectivity index (χ3v) is 4.57. The minimum Gasteiger partial charge on any atom is -0.299 e. The molecule has 0 aliphatic heterocycles. The Labute approximate surface area is 166 Å². The minimum absolute atomic E-state index is 0.281. The maximum Gasteiger partial charge on any atom is 0.332 e. The highest BCUT2D eigenvalue weighted by Crippen LogP contribution is 2.17. The van der Waals surface area contributed by atoms with Crippen molar-refractivity contribution in [2.75, 3.05) is 5.43 Å². The molecule has 9 heteroatoms. The van der Waals surface area contributed by atoms with Crippen LogP contribution in [0.5, 0.6) is 0 Å². The highest BCUT2D eigenvalue weighted by molar-refractivity contribution is 6.29. The molecule has 8 nitrogen and oxygen atoms in total. The van der Waals surface area contributed by atoms with Crippen molar-refractivity contribution in [3.8, 4) is 0 Å². The maximum atomic E-state index is 12.7. The fourth-order valence-electron chi connectivity index (χ4n) is 2.80. The van der Waals surface area contributed by atoms with Gasteiger partial charge in [0.2, 0.25) is 5.95 Å². The second-order valence-electron chi connectivity index (χ2n) is 6.39. The fraction of sp³-hybridized carbons (Fsp3) is 0.263. The number of nitrogens with one attached hydrogen (secondary N) is 1. The van der Waals surface area contributed by atoms with Crippen molar-refractivity contribution in [1.29, 1.82) is 0 Å². The standard InChI is InChI=1S/C19H21ClN6O2/c1-12(20)10-11-26-15-16(24(3)19(28)25(4)17(15)27)21-18(26)23-22-13(2)14-8-6-5-7-9-14/h5-10H,11H2,1-4H3,(H,21,23)/b12-10+,22-13+. The lowest BCUT2D eigenvalue weighted by Gasteiger charge is -2.07. The van der Waals surface area contributed by atoms with Gasteiger partial charge in [-0.25, -0.2) is 10.2 Å². The van der Waals surface area contributed by atoms with Crippen LogP contribution in [0.2, 0.25) is 0 Å². The summed E-state index contributed by atoms with van der Waals surface area (Å²) < 4.78 is 4.05. The van der Waals surface area contributed by atoms with Crippen molar-refractivity contribution >= 4 is 34.4 Å². The van der Waals surface area contributed by atoms with E-state index in [9.17, 15) is 9.59 Å². The van der Waals surface area contributed by atoms with Gasteiger partial charge in [0.05, 0.1) is 5.71 Å². The predicted molar refractivity (Wildman–Crippen MR) is 112 cm³/mol. The molecule has 1 aromatic carbocycles. The first-order chi connectivity index (χ1) is 13.3. The van der Waals surface area contributed by atoms with Crippen molar-refractivity contribution in [2.45, 2.75) is 20.4 Å². The maximum absolute atomic E-state index is 12.7. The minimum atomic E-state index is -0.443. The molecule has 1 N–H and O–H groups in total. The number of anilines is 1. The van der Waals surface area contributed by atoms with Gasteiger partial charge < -0.3 is 0 Å². The van der Waals surface area contributed by atoms with Crippen molar-refractivity contribution in [3.05, 3.63) is 67.8 Å². The Kier molecular flexibility index (Phi) is 5.51. The Balaban J connectivity index is 2.16. The summed E-state index contributed by atoms with van der Waals surface area (Å²) in [6.07, 6.45) is 1.76. The first-order valence-electron chi connectivity index (χ1n) is 8.65. The van der Waals surface area contributed by atoms with Gasteiger partial charge in [0, 0.05) is 25.7 Å². The molecule has 2 heterocycles. The van der Waals surface area contributed by atoms with Crippen molar-refractivity contribution in [1.82, 2.24) is 18.7 Å². The molecule has 0 saturated carbocycles. The van der Waals surface area contributed by atoms with E-state index in [0.717, 1.165) is 15.8 Å². The number of halogens is 1. The number of aromatic nitrogens is 4. The van der Waals surface area contributed by atoms with E-state index in [4.69, 9.17) is 11.6 Å². The molecule has 0 radical (unpaired) electrons. The lowest BCUT2D eigenvalue weighted by molar-refractivity contribution is 0.703. The number of nitrogens with zero attached hydrogens (tertiary/aromatic N) is 5. The third-order valence-electron chi connectivity index (χ3n) is 4.42. The molecule has 2 aromatic heterocycles. The van der Waals surface area contributed by atoms with Crippen molar-refractivity contribution in [3.63, 3.8) is 0 Å². The average molecular weight is 401 g/mol. The molecule has 0 amide bonds. The van der Waals surface area contributed by atoms with E-state index in [1.165, 1.54) is 11.6 Å². The van der Waals surface area contributed by atoms with Gasteiger partial charge >= 0.3 is 5.69 Å². The Morgan fingerprint density at radius 1 is 1.18 bits per heavy atom. The normalized spacial score (nSPS) is 12.6. The van der Waals surface area contributed by atoms with E-state index < -0.39 is 11.2 Å². The third kappa shape index (κ3) is 3.63. The number of imidazole rings is 1. The summed E-state index contributed by atoms with van der Waals surface area (Å²) in [5, 5.41) is 4.97. The Morgan fingerprint density at radius 3 is 2.50 bits per heavy atom. The molecule has 3 aromatic rings. The van der Waals surface area contributed by atoms with Gasteiger partial charge in [-0.15, -0.1) is 0 Å². The molecule has 0 bridgehead atoms. The monoisotopic (exact) mass is 400 g/mol. The van der Waals surface area contributed by atoms with Crippen LogP contribution in [0.15, 0.2) is 56.1 Å². The summed E-state index contributed by atoms with van der Waals surface area (Å²) in [4.78, 5) is 29.4. The van der Waals surface area contributed by atoms with Gasteiger partial charge in [-0.3, -0.25) is 18.5 Å². The molecule has 146 valence electrons. The predicted octanol–water partition coefficient (Wildman–Crippen LogP) is 2.41. The van der Waals surface area contributed by atoms with Crippen LogP contribution in [0.1, 0.15) is 19.4 Å². The van der Waals surface area contributed by atoms with Crippen LogP contribution in [0.4, 0.5) is 5.95 Å². The van der Waals surface area contributed by atoms with Gasteiger partial charge in [-0.1, -0.05) is 48.0 Å². The van der Waals surface area contributed by atoms with E-state index in [1.54, 1.807) is 24.6 Å². The van der Waals surface area contributed by atoms with E-state index in [2.05, 4.69) is 15.5 Å². The van der Waals surface area contributed by atoms with Gasteiger partial charge in [-0.2, -0.15) is 10.1 Å². The quantitative estimate of drug-likeness (QED) is 0.526. The van der Waals surface area contributed by atoms with Gasteiger partial charge in [0.25, 0.3) is 5.56 Å². The summed E-state index contributed by atoms with van der Waals surface area (Å²) in [5.74, 6) is 0.345. The number of allylic oxidation sites excluding steroid dienone is 2. The number of fused-ring (bicyclic) bond motifs is 1. The van der Waals surface area contributed by atoms with E-state index in [-0.39, 0.29) is 5.65 Å². The second-order valence-corrected chi connectivity index (χ2v) is 6.99. The lowest BCUT2D eigenvalue weighted by Crippen LogP contribution is -2.37. The Hall–Kier alpha value is -3.13. The van der Waals surface area contributed by atoms with Crippen LogP contribution in [-0.4, -0.2) is 24.4 Å². The molecular formula is C19H21ClN6O2. The van der Waals surface area contributed by atoms with Gasteiger partial charge in [0.15, 0.2) is 11.2 Å². The highest BCUT2D eigenvalue weighted by atomic mass is 35.5. The fourth-order valence-corrected chi connectivity index (χ4v) is 2.87. The molecule has 0 aliphatic carbocycles. The molecule has 0 atom stereocenters. The zero-order chi connectivity index (χ0) is 20.4. The van der Waals surface area contributed by atoms with Crippen LogP contribution in [0, 0.1) is 0 Å². The molecular weight excluding hydrogens is 380 g/mol. The zero-order valence-corrected chi connectivity index (χ0v) is 16.9. The van der Waals surface area contributed by atoms with Crippen LogP contribution in [0.3, 0.4) is 0 Å². The number of aryl methyl sites for hydroxylation is 1.